The first kappa shape index (κ1) is 12.8. The number of Topliss-reactive ketones (excluding diaryl/α,β-unsaturated/α-hetero) is 1. The summed E-state index contributed by atoms with van der Waals surface area (Å²) in [6.45, 7) is 1.55. The van der Waals surface area contributed by atoms with Crippen LogP contribution in [0.15, 0.2) is 24.3 Å². The summed E-state index contributed by atoms with van der Waals surface area (Å²) >= 11 is 0. The van der Waals surface area contributed by atoms with E-state index in [1.54, 1.807) is 6.92 Å². The average molecular weight is 282 g/mol. The third kappa shape index (κ3) is 2.00. The van der Waals surface area contributed by atoms with E-state index in [0.717, 1.165) is 11.1 Å². The van der Waals surface area contributed by atoms with Crippen LogP contribution in [-0.4, -0.2) is 26.9 Å². The van der Waals surface area contributed by atoms with Crippen LogP contribution in [0.25, 0.3) is 0 Å². The molecule has 1 saturated carbocycles. The molecule has 3 rings (SSSR count). The Morgan fingerprint density at radius 1 is 1.26 bits per heavy atom. The zero-order valence-corrected chi connectivity index (χ0v) is 11.2. The highest BCUT2D eigenvalue weighted by Crippen LogP contribution is 2.52. The lowest BCUT2D eigenvalue weighted by Gasteiger charge is -2.22. The zero-order valence-electron chi connectivity index (χ0n) is 10.4. The summed E-state index contributed by atoms with van der Waals surface area (Å²) in [7, 11) is -4.09. The Labute approximate surface area is 111 Å². The third-order valence-electron chi connectivity index (χ3n) is 3.73. The lowest BCUT2D eigenvalue weighted by Crippen LogP contribution is -2.32. The minimum atomic E-state index is -4.09. The predicted molar refractivity (Wildman–Crippen MR) is 67.0 cm³/mol. The van der Waals surface area contributed by atoms with Gasteiger partial charge in [0.1, 0.15) is 6.10 Å². The van der Waals surface area contributed by atoms with Gasteiger partial charge in [0.05, 0.1) is 6.61 Å². The second-order valence-electron chi connectivity index (χ2n) is 4.76. The molecule has 0 aromatic heterocycles. The molecule has 6 heteroatoms. The van der Waals surface area contributed by atoms with Crippen LogP contribution in [0, 0.1) is 0 Å². The van der Waals surface area contributed by atoms with Crippen molar-refractivity contribution in [1.82, 2.24) is 0 Å². The van der Waals surface area contributed by atoms with Crippen LogP contribution in [-0.2, 0) is 23.6 Å². The molecule has 0 heterocycles. The number of carbonyl (C=O) groups is 1. The van der Waals surface area contributed by atoms with Gasteiger partial charge in [-0.15, -0.1) is 0 Å². The predicted octanol–water partition coefficient (Wildman–Crippen LogP) is 1.51. The van der Waals surface area contributed by atoms with E-state index < -0.39 is 16.5 Å². The van der Waals surface area contributed by atoms with E-state index in [9.17, 15) is 13.2 Å². The van der Waals surface area contributed by atoms with Crippen molar-refractivity contribution in [1.29, 1.82) is 0 Å². The summed E-state index contributed by atoms with van der Waals surface area (Å²) in [6.07, 6.45) is -0.304. The maximum absolute atomic E-state index is 12.2. The van der Waals surface area contributed by atoms with Gasteiger partial charge in [0.15, 0.2) is 5.78 Å². The molecule has 1 aromatic rings. The van der Waals surface area contributed by atoms with Gasteiger partial charge in [-0.2, -0.15) is 8.42 Å². The van der Waals surface area contributed by atoms with Gasteiger partial charge in [0.2, 0.25) is 0 Å². The van der Waals surface area contributed by atoms with Crippen LogP contribution >= 0.6 is 0 Å². The van der Waals surface area contributed by atoms with E-state index in [2.05, 4.69) is 4.18 Å². The van der Waals surface area contributed by atoms with Crippen molar-refractivity contribution < 1.29 is 21.6 Å². The molecule has 2 bridgehead atoms. The summed E-state index contributed by atoms with van der Waals surface area (Å²) in [4.78, 5) is 12.2. The molecule has 3 atom stereocenters. The van der Waals surface area contributed by atoms with Crippen LogP contribution in [0.5, 0.6) is 0 Å². The number of hydrogen-bond acceptors (Lipinski definition) is 5. The number of fused-ring (bicyclic) bond motifs is 5. The summed E-state index contributed by atoms with van der Waals surface area (Å²) in [5.41, 5.74) is 2.02. The molecule has 0 spiro atoms. The quantitative estimate of drug-likeness (QED) is 0.837. The van der Waals surface area contributed by atoms with Crippen molar-refractivity contribution in [2.75, 3.05) is 6.61 Å². The van der Waals surface area contributed by atoms with Gasteiger partial charge in [-0.25, -0.2) is 8.37 Å². The van der Waals surface area contributed by atoms with Crippen LogP contribution in [0.3, 0.4) is 0 Å². The Morgan fingerprint density at radius 2 is 1.95 bits per heavy atom. The highest BCUT2D eigenvalue weighted by atomic mass is 32.3. The van der Waals surface area contributed by atoms with Gasteiger partial charge in [-0.1, -0.05) is 24.3 Å². The van der Waals surface area contributed by atoms with Crippen molar-refractivity contribution >= 4 is 16.2 Å². The minimum Gasteiger partial charge on any atom is -0.296 e. The molecule has 2 aliphatic carbocycles. The maximum atomic E-state index is 12.2. The molecule has 1 aromatic carbocycles. The van der Waals surface area contributed by atoms with Gasteiger partial charge in [-0.3, -0.25) is 4.79 Å². The van der Waals surface area contributed by atoms with Crippen LogP contribution < -0.4 is 0 Å². The molecule has 2 aliphatic rings. The van der Waals surface area contributed by atoms with Crippen LogP contribution in [0.2, 0.25) is 0 Å². The first-order valence-electron chi connectivity index (χ1n) is 6.23. The van der Waals surface area contributed by atoms with Crippen molar-refractivity contribution in [3.8, 4) is 0 Å². The molecule has 0 saturated heterocycles. The summed E-state index contributed by atoms with van der Waals surface area (Å²) < 4.78 is 32.5. The lowest BCUT2D eigenvalue weighted by molar-refractivity contribution is -0.125. The molecule has 0 radical (unpaired) electrons. The standard InChI is InChI=1S/C13H14O5S/c1-2-17-19(15,16)18-13-11-7-10(12(13)14)8-5-3-4-6-9(8)11/h3-6,10-11,13H,2,7H2,1H3/t10-,11+,13+/m1/s1. The van der Waals surface area contributed by atoms with E-state index >= 15 is 0 Å². The van der Waals surface area contributed by atoms with E-state index in [-0.39, 0.29) is 24.2 Å². The summed E-state index contributed by atoms with van der Waals surface area (Å²) in [6, 6.07) is 7.62. The Balaban J connectivity index is 1.90. The maximum Gasteiger partial charge on any atom is 0.400 e. The normalized spacial score (nSPS) is 28.7. The fourth-order valence-electron chi connectivity index (χ4n) is 3.04. The van der Waals surface area contributed by atoms with Crippen LogP contribution in [0.1, 0.15) is 36.3 Å². The smallest absolute Gasteiger partial charge is 0.296 e. The van der Waals surface area contributed by atoms with Crippen LogP contribution in [0.4, 0.5) is 0 Å². The molecular weight excluding hydrogens is 268 g/mol. The van der Waals surface area contributed by atoms with Gasteiger partial charge in [-0.05, 0) is 24.5 Å². The number of rotatable bonds is 4. The van der Waals surface area contributed by atoms with Gasteiger partial charge in [0, 0.05) is 11.8 Å². The van der Waals surface area contributed by atoms with Gasteiger partial charge < -0.3 is 0 Å². The summed E-state index contributed by atoms with van der Waals surface area (Å²) in [5, 5.41) is 0. The largest absolute Gasteiger partial charge is 0.400 e. The Morgan fingerprint density at radius 3 is 2.63 bits per heavy atom. The van der Waals surface area contributed by atoms with Gasteiger partial charge in [0.25, 0.3) is 0 Å². The number of ketones is 1. The Hall–Kier alpha value is -1.24. The lowest BCUT2D eigenvalue weighted by atomic mass is 9.89. The van der Waals surface area contributed by atoms with E-state index in [4.69, 9.17) is 4.18 Å². The Bertz CT molecular complexity index is 622. The molecule has 102 valence electrons. The minimum absolute atomic E-state index is 0.00603. The van der Waals surface area contributed by atoms with E-state index in [1.807, 2.05) is 24.3 Å². The fourth-order valence-corrected chi connectivity index (χ4v) is 3.87. The van der Waals surface area contributed by atoms with Crippen molar-refractivity contribution in [2.45, 2.75) is 31.3 Å². The molecule has 5 nitrogen and oxygen atoms in total. The highest BCUT2D eigenvalue weighted by molar-refractivity contribution is 7.81. The number of carbonyl (C=O) groups excluding carboxylic acids is 1. The second kappa shape index (κ2) is 4.40. The van der Waals surface area contributed by atoms with Crippen molar-refractivity contribution in [2.24, 2.45) is 0 Å². The topological polar surface area (TPSA) is 69.7 Å². The second-order valence-corrected chi connectivity index (χ2v) is 6.00. The first-order valence-corrected chi connectivity index (χ1v) is 7.57. The van der Waals surface area contributed by atoms with E-state index in [0.29, 0.717) is 6.42 Å². The van der Waals surface area contributed by atoms with Crippen molar-refractivity contribution in [3.05, 3.63) is 35.4 Å². The highest BCUT2D eigenvalue weighted by Gasteiger charge is 2.52. The molecule has 1 fully saturated rings. The molecule has 0 N–H and O–H groups in total. The number of hydrogen-bond donors (Lipinski definition) is 0. The summed E-state index contributed by atoms with van der Waals surface area (Å²) in [5.74, 6) is -0.570. The van der Waals surface area contributed by atoms with Crippen molar-refractivity contribution in [3.63, 3.8) is 0 Å². The third-order valence-corrected chi connectivity index (χ3v) is 4.70. The zero-order chi connectivity index (χ0) is 13.6. The fraction of sp³-hybridized carbons (Fsp3) is 0.462. The van der Waals surface area contributed by atoms with E-state index in [1.165, 1.54) is 0 Å². The van der Waals surface area contributed by atoms with Gasteiger partial charge >= 0.3 is 10.4 Å². The Kier molecular flexibility index (Phi) is 2.96. The first-order chi connectivity index (χ1) is 9.03. The molecular formula is C13H14O5S. The molecule has 0 aliphatic heterocycles. The molecule has 0 unspecified atom stereocenters. The molecule has 0 amide bonds. The number of benzene rings is 1. The SMILES string of the molecule is CCOS(=O)(=O)O[C@@H]1C(=O)[C@@H]2C[C@H]1c1ccccc12. The molecule has 19 heavy (non-hydrogen) atoms. The average Bonchev–Trinajstić information content (AvgIpc) is 2.87. The monoisotopic (exact) mass is 282 g/mol.